The van der Waals surface area contributed by atoms with Crippen LogP contribution in [0.15, 0.2) is 24.4 Å². The number of aryl methyl sites for hydroxylation is 1. The van der Waals surface area contributed by atoms with Gasteiger partial charge in [0, 0.05) is 0 Å². The molecule has 0 fully saturated rings. The SMILES string of the molecule is Cc1ccc2[nH]cc([N+](=O)[O-])c2c1. The fourth-order valence-electron chi connectivity index (χ4n) is 1.37. The summed E-state index contributed by atoms with van der Waals surface area (Å²) in [4.78, 5) is 13.1. The number of nitro groups is 1. The van der Waals surface area contributed by atoms with Crippen LogP contribution in [0.1, 0.15) is 5.56 Å². The quantitative estimate of drug-likeness (QED) is 0.535. The molecule has 0 aliphatic heterocycles. The molecule has 0 saturated carbocycles. The first-order valence-corrected chi connectivity index (χ1v) is 3.90. The molecule has 2 rings (SSSR count). The van der Waals surface area contributed by atoms with Gasteiger partial charge in [-0.1, -0.05) is 11.6 Å². The summed E-state index contributed by atoms with van der Waals surface area (Å²) in [6.07, 6.45) is 1.42. The van der Waals surface area contributed by atoms with Gasteiger partial charge in [-0.15, -0.1) is 0 Å². The Balaban J connectivity index is 2.79. The van der Waals surface area contributed by atoms with Gasteiger partial charge in [-0.2, -0.15) is 0 Å². The summed E-state index contributed by atoms with van der Waals surface area (Å²) < 4.78 is 0. The van der Waals surface area contributed by atoms with E-state index in [1.807, 2.05) is 25.1 Å². The minimum Gasteiger partial charge on any atom is -0.355 e. The summed E-state index contributed by atoms with van der Waals surface area (Å²) in [5, 5.41) is 11.2. The Kier molecular flexibility index (Phi) is 1.55. The van der Waals surface area contributed by atoms with Crippen molar-refractivity contribution in [2.75, 3.05) is 0 Å². The monoisotopic (exact) mass is 176 g/mol. The van der Waals surface area contributed by atoms with Gasteiger partial charge in [0.25, 0.3) is 5.69 Å². The van der Waals surface area contributed by atoms with Crippen LogP contribution in [0.4, 0.5) is 5.69 Å². The average molecular weight is 176 g/mol. The van der Waals surface area contributed by atoms with Gasteiger partial charge in [0.2, 0.25) is 0 Å². The number of aromatic nitrogens is 1. The van der Waals surface area contributed by atoms with Crippen LogP contribution >= 0.6 is 0 Å². The first-order valence-electron chi connectivity index (χ1n) is 3.90. The summed E-state index contributed by atoms with van der Waals surface area (Å²) >= 11 is 0. The van der Waals surface area contributed by atoms with Gasteiger partial charge in [-0.05, 0) is 19.1 Å². The Morgan fingerprint density at radius 1 is 1.46 bits per heavy atom. The van der Waals surface area contributed by atoms with Crippen molar-refractivity contribution in [3.8, 4) is 0 Å². The van der Waals surface area contributed by atoms with Crippen LogP contribution in [-0.4, -0.2) is 9.91 Å². The third kappa shape index (κ3) is 1.16. The van der Waals surface area contributed by atoms with Crippen LogP contribution in [-0.2, 0) is 0 Å². The van der Waals surface area contributed by atoms with Gasteiger partial charge in [-0.25, -0.2) is 0 Å². The number of aromatic amines is 1. The van der Waals surface area contributed by atoms with E-state index in [4.69, 9.17) is 0 Å². The van der Waals surface area contributed by atoms with Crippen LogP contribution in [0.3, 0.4) is 0 Å². The molecule has 13 heavy (non-hydrogen) atoms. The standard InChI is InChI=1S/C9H8N2O2/c1-6-2-3-8-7(4-6)9(5-10-8)11(12)13/h2-5,10H,1H3. The van der Waals surface area contributed by atoms with Crippen molar-refractivity contribution in [2.24, 2.45) is 0 Å². The summed E-state index contributed by atoms with van der Waals surface area (Å²) in [5.41, 5.74) is 1.96. The van der Waals surface area contributed by atoms with E-state index in [0.717, 1.165) is 11.1 Å². The topological polar surface area (TPSA) is 58.9 Å². The number of H-pyrrole nitrogens is 1. The summed E-state index contributed by atoms with van der Waals surface area (Å²) in [6, 6.07) is 5.57. The average Bonchev–Trinajstić information content (AvgIpc) is 2.46. The molecule has 0 saturated heterocycles. The maximum absolute atomic E-state index is 10.6. The lowest BCUT2D eigenvalue weighted by molar-refractivity contribution is -0.383. The first kappa shape index (κ1) is 7.79. The number of hydrogen-bond acceptors (Lipinski definition) is 2. The van der Waals surface area contributed by atoms with Crippen molar-refractivity contribution in [3.05, 3.63) is 40.1 Å². The minimum absolute atomic E-state index is 0.138. The fourth-order valence-corrected chi connectivity index (χ4v) is 1.37. The smallest absolute Gasteiger partial charge is 0.294 e. The molecule has 1 N–H and O–H groups in total. The number of fused-ring (bicyclic) bond motifs is 1. The number of nitrogens with one attached hydrogen (secondary N) is 1. The van der Waals surface area contributed by atoms with E-state index in [-0.39, 0.29) is 10.6 Å². The molecule has 4 heteroatoms. The molecule has 1 aromatic heterocycles. The van der Waals surface area contributed by atoms with Crippen molar-refractivity contribution in [1.82, 2.24) is 4.98 Å². The lowest BCUT2D eigenvalue weighted by atomic mass is 10.2. The van der Waals surface area contributed by atoms with Crippen molar-refractivity contribution >= 4 is 16.6 Å². The van der Waals surface area contributed by atoms with Crippen LogP contribution in [0.25, 0.3) is 10.9 Å². The summed E-state index contributed by atoms with van der Waals surface area (Å²) in [7, 11) is 0. The number of rotatable bonds is 1. The summed E-state index contributed by atoms with van der Waals surface area (Å²) in [5.74, 6) is 0. The highest BCUT2D eigenvalue weighted by atomic mass is 16.6. The summed E-state index contributed by atoms with van der Waals surface area (Å²) in [6.45, 7) is 1.91. The molecule has 0 atom stereocenters. The number of hydrogen-bond donors (Lipinski definition) is 1. The normalized spacial score (nSPS) is 10.5. The Morgan fingerprint density at radius 2 is 2.23 bits per heavy atom. The Bertz CT molecular complexity index is 473. The molecule has 1 aromatic carbocycles. The van der Waals surface area contributed by atoms with Crippen molar-refractivity contribution < 1.29 is 4.92 Å². The van der Waals surface area contributed by atoms with Crippen LogP contribution in [0, 0.1) is 17.0 Å². The second kappa shape index (κ2) is 2.58. The van der Waals surface area contributed by atoms with E-state index in [0.29, 0.717) is 5.39 Å². The number of benzene rings is 1. The van der Waals surface area contributed by atoms with Crippen LogP contribution in [0.5, 0.6) is 0 Å². The fraction of sp³-hybridized carbons (Fsp3) is 0.111. The molecule has 0 spiro atoms. The second-order valence-corrected chi connectivity index (χ2v) is 2.98. The zero-order chi connectivity index (χ0) is 9.42. The Morgan fingerprint density at radius 3 is 2.92 bits per heavy atom. The van der Waals surface area contributed by atoms with E-state index in [1.54, 1.807) is 0 Å². The molecule has 0 aliphatic rings. The molecule has 1 heterocycles. The lowest BCUT2D eigenvalue weighted by Crippen LogP contribution is -1.84. The highest BCUT2D eigenvalue weighted by Crippen LogP contribution is 2.25. The molecule has 0 bridgehead atoms. The van der Waals surface area contributed by atoms with Gasteiger partial charge in [0.1, 0.15) is 0 Å². The lowest BCUT2D eigenvalue weighted by Gasteiger charge is -1.92. The molecule has 0 radical (unpaired) electrons. The Hall–Kier alpha value is -1.84. The number of nitrogens with zero attached hydrogens (tertiary/aromatic N) is 1. The van der Waals surface area contributed by atoms with Gasteiger partial charge in [0.05, 0.1) is 22.0 Å². The molecular formula is C9H8N2O2. The third-order valence-corrected chi connectivity index (χ3v) is 2.01. The largest absolute Gasteiger partial charge is 0.355 e. The van der Waals surface area contributed by atoms with Crippen LogP contribution < -0.4 is 0 Å². The second-order valence-electron chi connectivity index (χ2n) is 2.98. The van der Waals surface area contributed by atoms with E-state index in [1.165, 1.54) is 6.20 Å². The van der Waals surface area contributed by atoms with Gasteiger partial charge in [0.15, 0.2) is 0 Å². The molecular weight excluding hydrogens is 168 g/mol. The highest BCUT2D eigenvalue weighted by Gasteiger charge is 2.12. The van der Waals surface area contributed by atoms with Crippen molar-refractivity contribution in [2.45, 2.75) is 6.92 Å². The van der Waals surface area contributed by atoms with Crippen molar-refractivity contribution in [1.29, 1.82) is 0 Å². The highest BCUT2D eigenvalue weighted by molar-refractivity contribution is 5.89. The van der Waals surface area contributed by atoms with E-state index in [2.05, 4.69) is 4.98 Å². The maximum Gasteiger partial charge on any atom is 0.294 e. The molecule has 4 nitrogen and oxygen atoms in total. The van der Waals surface area contributed by atoms with Crippen LogP contribution in [0.2, 0.25) is 0 Å². The minimum atomic E-state index is -0.377. The first-order chi connectivity index (χ1) is 6.18. The van der Waals surface area contributed by atoms with Crippen molar-refractivity contribution in [3.63, 3.8) is 0 Å². The van der Waals surface area contributed by atoms with E-state index in [9.17, 15) is 10.1 Å². The predicted molar refractivity (Wildman–Crippen MR) is 49.7 cm³/mol. The zero-order valence-corrected chi connectivity index (χ0v) is 7.07. The molecule has 0 amide bonds. The predicted octanol–water partition coefficient (Wildman–Crippen LogP) is 2.38. The van der Waals surface area contributed by atoms with Gasteiger partial charge in [-0.3, -0.25) is 10.1 Å². The van der Waals surface area contributed by atoms with E-state index >= 15 is 0 Å². The van der Waals surface area contributed by atoms with E-state index < -0.39 is 0 Å². The van der Waals surface area contributed by atoms with Gasteiger partial charge < -0.3 is 4.98 Å². The zero-order valence-electron chi connectivity index (χ0n) is 7.07. The Labute approximate surface area is 74.3 Å². The molecule has 0 aliphatic carbocycles. The maximum atomic E-state index is 10.6. The third-order valence-electron chi connectivity index (χ3n) is 2.01. The molecule has 2 aromatic rings. The van der Waals surface area contributed by atoms with Gasteiger partial charge >= 0.3 is 0 Å². The molecule has 0 unspecified atom stereocenters. The molecule has 66 valence electrons.